The van der Waals surface area contributed by atoms with Crippen molar-refractivity contribution >= 4 is 51.1 Å². The summed E-state index contributed by atoms with van der Waals surface area (Å²) in [5.74, 6) is 0.693. The van der Waals surface area contributed by atoms with Gasteiger partial charge in [0.15, 0.2) is 0 Å². The number of nitrogens with one attached hydrogen (secondary N) is 2. The van der Waals surface area contributed by atoms with Crippen molar-refractivity contribution in [3.05, 3.63) is 83.4 Å². The number of fused-ring (bicyclic) bond motifs is 2. The first-order valence-corrected chi connectivity index (χ1v) is 11.3. The number of nitrogens with zero attached hydrogens (tertiary/aromatic N) is 1. The number of methoxy groups -OCH3 is 1. The summed E-state index contributed by atoms with van der Waals surface area (Å²) in [5.41, 5.74) is 3.66. The summed E-state index contributed by atoms with van der Waals surface area (Å²) in [4.78, 5) is 16.8. The fourth-order valence-electron chi connectivity index (χ4n) is 3.62. The lowest BCUT2D eigenvalue weighted by Crippen LogP contribution is -2.22. The number of carbonyl (C=O) groups excluding carboxylic acids is 1. The van der Waals surface area contributed by atoms with E-state index in [1.54, 1.807) is 13.2 Å². The summed E-state index contributed by atoms with van der Waals surface area (Å²) in [6.45, 7) is 1.38. The van der Waals surface area contributed by atoms with Gasteiger partial charge >= 0.3 is 0 Å². The summed E-state index contributed by atoms with van der Waals surface area (Å²) in [6, 6.07) is 21.5. The minimum absolute atomic E-state index is 0.0830. The molecule has 0 aliphatic rings. The van der Waals surface area contributed by atoms with Gasteiger partial charge in [0.1, 0.15) is 5.75 Å². The van der Waals surface area contributed by atoms with Crippen molar-refractivity contribution in [3.8, 4) is 5.75 Å². The number of benzene rings is 3. The Morgan fingerprint density at radius 2 is 1.82 bits per heavy atom. The first-order chi connectivity index (χ1) is 16.1. The predicted molar refractivity (Wildman–Crippen MR) is 137 cm³/mol. The topological polar surface area (TPSA) is 63.2 Å². The van der Waals surface area contributed by atoms with Crippen molar-refractivity contribution in [2.24, 2.45) is 0 Å². The third kappa shape index (κ3) is 6.02. The van der Waals surface area contributed by atoms with E-state index in [0.717, 1.165) is 58.2 Å². The van der Waals surface area contributed by atoms with Crippen LogP contribution in [0.4, 0.5) is 5.69 Å². The quantitative estimate of drug-likeness (QED) is 0.181. The molecule has 0 fully saturated rings. The molecule has 0 aliphatic carbocycles. The zero-order valence-electron chi connectivity index (χ0n) is 18.5. The van der Waals surface area contributed by atoms with E-state index in [1.165, 1.54) is 0 Å². The standard InChI is InChI=1S/C27H26ClN3O2/c1-33-23-16-21-15-20-10-11-22(28)17-24(20)31-27(21)25(18-23)29-13-5-6-14-30-26(32)12-9-19-7-3-2-4-8-19/h2-4,7-12,15-18,29H,5-6,13-14H2,1H3,(H,30,32)/b12-9+. The Bertz CT molecular complexity index is 1290. The lowest BCUT2D eigenvalue weighted by Gasteiger charge is -2.13. The Hall–Kier alpha value is -3.57. The molecule has 0 bridgehead atoms. The van der Waals surface area contributed by atoms with Crippen LogP contribution in [0, 0.1) is 0 Å². The molecular formula is C27H26ClN3O2. The van der Waals surface area contributed by atoms with E-state index >= 15 is 0 Å². The number of pyridine rings is 1. The second-order valence-corrected chi connectivity index (χ2v) is 8.18. The Labute approximate surface area is 198 Å². The van der Waals surface area contributed by atoms with E-state index in [9.17, 15) is 4.79 Å². The average Bonchev–Trinajstić information content (AvgIpc) is 2.84. The third-order valence-electron chi connectivity index (χ3n) is 5.33. The smallest absolute Gasteiger partial charge is 0.243 e. The predicted octanol–water partition coefficient (Wildman–Crippen LogP) is 6.07. The number of anilines is 1. The van der Waals surface area contributed by atoms with Crippen LogP contribution >= 0.6 is 11.6 Å². The van der Waals surface area contributed by atoms with Crippen LogP contribution in [-0.4, -0.2) is 31.1 Å². The molecule has 4 aromatic rings. The zero-order valence-corrected chi connectivity index (χ0v) is 19.2. The highest BCUT2D eigenvalue weighted by Crippen LogP contribution is 2.31. The zero-order chi connectivity index (χ0) is 23.0. The van der Waals surface area contributed by atoms with E-state index in [2.05, 4.69) is 16.7 Å². The number of hydrogen-bond donors (Lipinski definition) is 2. The van der Waals surface area contributed by atoms with Gasteiger partial charge in [0.25, 0.3) is 0 Å². The van der Waals surface area contributed by atoms with Crippen molar-refractivity contribution in [2.45, 2.75) is 12.8 Å². The van der Waals surface area contributed by atoms with Crippen LogP contribution in [0.3, 0.4) is 0 Å². The number of carbonyl (C=O) groups is 1. The molecule has 0 spiro atoms. The lowest BCUT2D eigenvalue weighted by molar-refractivity contribution is -0.116. The van der Waals surface area contributed by atoms with Crippen LogP contribution in [0.25, 0.3) is 27.9 Å². The molecule has 5 nitrogen and oxygen atoms in total. The summed E-state index contributed by atoms with van der Waals surface area (Å²) in [6.07, 6.45) is 5.15. The Morgan fingerprint density at radius 1 is 1.00 bits per heavy atom. The normalized spacial score (nSPS) is 11.2. The van der Waals surface area contributed by atoms with Crippen molar-refractivity contribution in [2.75, 3.05) is 25.5 Å². The molecule has 0 unspecified atom stereocenters. The maximum absolute atomic E-state index is 12.0. The van der Waals surface area contributed by atoms with Gasteiger partial charge in [-0.05, 0) is 48.7 Å². The van der Waals surface area contributed by atoms with E-state index < -0.39 is 0 Å². The Balaban J connectivity index is 1.33. The van der Waals surface area contributed by atoms with Gasteiger partial charge in [-0.2, -0.15) is 0 Å². The van der Waals surface area contributed by atoms with Gasteiger partial charge in [0.2, 0.25) is 5.91 Å². The van der Waals surface area contributed by atoms with Crippen molar-refractivity contribution in [3.63, 3.8) is 0 Å². The van der Waals surface area contributed by atoms with Gasteiger partial charge in [0, 0.05) is 41.0 Å². The molecule has 0 aliphatic heterocycles. The highest BCUT2D eigenvalue weighted by Gasteiger charge is 2.08. The van der Waals surface area contributed by atoms with Crippen LogP contribution in [0.1, 0.15) is 18.4 Å². The number of hydrogen-bond acceptors (Lipinski definition) is 4. The minimum Gasteiger partial charge on any atom is -0.497 e. The van der Waals surface area contributed by atoms with Crippen LogP contribution in [0.2, 0.25) is 5.02 Å². The second kappa shape index (κ2) is 10.8. The summed E-state index contributed by atoms with van der Waals surface area (Å²) in [7, 11) is 1.66. The third-order valence-corrected chi connectivity index (χ3v) is 5.56. The Kier molecular flexibility index (Phi) is 7.43. The van der Waals surface area contributed by atoms with Crippen molar-refractivity contribution in [1.29, 1.82) is 0 Å². The highest BCUT2D eigenvalue weighted by atomic mass is 35.5. The summed E-state index contributed by atoms with van der Waals surface area (Å²) < 4.78 is 5.48. The Morgan fingerprint density at radius 3 is 2.64 bits per heavy atom. The second-order valence-electron chi connectivity index (χ2n) is 7.74. The molecule has 1 amide bonds. The summed E-state index contributed by atoms with van der Waals surface area (Å²) in [5, 5.41) is 9.10. The number of unbranched alkanes of at least 4 members (excludes halogenated alkanes) is 1. The van der Waals surface area contributed by atoms with Crippen LogP contribution in [-0.2, 0) is 4.79 Å². The molecule has 3 aromatic carbocycles. The molecule has 4 rings (SSSR count). The molecule has 1 heterocycles. The largest absolute Gasteiger partial charge is 0.497 e. The van der Waals surface area contributed by atoms with Gasteiger partial charge in [-0.25, -0.2) is 4.98 Å². The molecule has 168 valence electrons. The van der Waals surface area contributed by atoms with Gasteiger partial charge in [-0.3, -0.25) is 4.79 Å². The monoisotopic (exact) mass is 459 g/mol. The fourth-order valence-corrected chi connectivity index (χ4v) is 3.79. The SMILES string of the molecule is COc1cc(NCCCCNC(=O)/C=C/c2ccccc2)c2nc3cc(Cl)ccc3cc2c1. The molecule has 33 heavy (non-hydrogen) atoms. The van der Waals surface area contributed by atoms with Crippen LogP contribution in [0.5, 0.6) is 5.75 Å². The number of ether oxygens (including phenoxy) is 1. The molecule has 6 heteroatoms. The van der Waals surface area contributed by atoms with Gasteiger partial charge in [0.05, 0.1) is 23.8 Å². The molecule has 1 aromatic heterocycles. The van der Waals surface area contributed by atoms with Gasteiger partial charge < -0.3 is 15.4 Å². The molecule has 2 N–H and O–H groups in total. The van der Waals surface area contributed by atoms with E-state index in [-0.39, 0.29) is 5.91 Å². The lowest BCUT2D eigenvalue weighted by atomic mass is 10.1. The molecule has 0 saturated carbocycles. The van der Waals surface area contributed by atoms with E-state index in [0.29, 0.717) is 11.6 Å². The maximum atomic E-state index is 12.0. The number of halogens is 1. The highest BCUT2D eigenvalue weighted by molar-refractivity contribution is 6.31. The first kappa shape index (κ1) is 22.6. The van der Waals surface area contributed by atoms with Crippen molar-refractivity contribution in [1.82, 2.24) is 10.3 Å². The molecule has 0 saturated heterocycles. The van der Waals surface area contributed by atoms with Crippen molar-refractivity contribution < 1.29 is 9.53 Å². The molecule has 0 radical (unpaired) electrons. The maximum Gasteiger partial charge on any atom is 0.243 e. The molecule has 0 atom stereocenters. The van der Waals surface area contributed by atoms with E-state index in [1.807, 2.05) is 66.7 Å². The average molecular weight is 460 g/mol. The van der Waals surface area contributed by atoms with Crippen LogP contribution in [0.15, 0.2) is 72.8 Å². The van der Waals surface area contributed by atoms with Crippen LogP contribution < -0.4 is 15.4 Å². The number of aromatic nitrogens is 1. The first-order valence-electron chi connectivity index (χ1n) is 11.0. The fraction of sp³-hybridized carbons (Fsp3) is 0.185. The van der Waals surface area contributed by atoms with Gasteiger partial charge in [-0.15, -0.1) is 0 Å². The number of amides is 1. The van der Waals surface area contributed by atoms with Gasteiger partial charge in [-0.1, -0.05) is 48.0 Å². The number of rotatable bonds is 9. The summed E-state index contributed by atoms with van der Waals surface area (Å²) >= 11 is 6.15. The van der Waals surface area contributed by atoms with E-state index in [4.69, 9.17) is 21.3 Å². The molecular weight excluding hydrogens is 434 g/mol. The minimum atomic E-state index is -0.0830.